The summed E-state index contributed by atoms with van der Waals surface area (Å²) in [6, 6.07) is 10.3. The molecule has 1 aromatic heterocycles. The van der Waals surface area contributed by atoms with Gasteiger partial charge in [-0.1, -0.05) is 35.9 Å². The highest BCUT2D eigenvalue weighted by Crippen LogP contribution is 2.27. The van der Waals surface area contributed by atoms with E-state index in [-0.39, 0.29) is 0 Å². The Bertz CT molecular complexity index is 523. The molecule has 0 atom stereocenters. The van der Waals surface area contributed by atoms with Crippen LogP contribution in [0.1, 0.15) is 17.0 Å². The van der Waals surface area contributed by atoms with Crippen LogP contribution in [0.5, 0.6) is 0 Å². The minimum absolute atomic E-state index is 0.503. The van der Waals surface area contributed by atoms with Crippen molar-refractivity contribution in [2.45, 2.75) is 20.0 Å². The Hall–Kier alpha value is -1.61. The van der Waals surface area contributed by atoms with E-state index in [0.29, 0.717) is 11.0 Å². The van der Waals surface area contributed by atoms with Gasteiger partial charge in [-0.05, 0) is 18.1 Å². The van der Waals surface area contributed by atoms with Gasteiger partial charge in [0.15, 0.2) is 0 Å². The Balaban J connectivity index is 1.93. The quantitative estimate of drug-likeness (QED) is 0.724. The van der Waals surface area contributed by atoms with Crippen LogP contribution >= 0.6 is 11.6 Å². The average molecular weight is 246 g/mol. The van der Waals surface area contributed by atoms with Gasteiger partial charge in [0.1, 0.15) is 16.8 Å². The molecule has 0 radical (unpaired) electrons. The van der Waals surface area contributed by atoms with Gasteiger partial charge in [-0.3, -0.25) is 0 Å². The first kappa shape index (κ1) is 10.5. The molecule has 0 saturated heterocycles. The second-order valence-corrected chi connectivity index (χ2v) is 4.61. The van der Waals surface area contributed by atoms with Crippen LogP contribution in [-0.2, 0) is 13.1 Å². The highest BCUT2D eigenvalue weighted by molar-refractivity contribution is 6.29. The monoisotopic (exact) mass is 245 g/mol. The molecule has 0 spiro atoms. The van der Waals surface area contributed by atoms with Crippen molar-refractivity contribution in [1.82, 2.24) is 9.97 Å². The lowest BCUT2D eigenvalue weighted by molar-refractivity contribution is 0.842. The molecule has 0 bridgehead atoms. The number of nitrogens with zero attached hydrogens (tertiary/aromatic N) is 3. The fourth-order valence-corrected chi connectivity index (χ4v) is 2.39. The van der Waals surface area contributed by atoms with Gasteiger partial charge in [-0.15, -0.1) is 0 Å². The normalized spacial score (nSPS) is 13.9. The summed E-state index contributed by atoms with van der Waals surface area (Å²) in [4.78, 5) is 10.7. The molecule has 17 heavy (non-hydrogen) atoms. The number of halogens is 1. The highest BCUT2D eigenvalue weighted by atomic mass is 35.5. The average Bonchev–Trinajstić information content (AvgIpc) is 2.71. The Morgan fingerprint density at radius 1 is 1.12 bits per heavy atom. The third-order valence-corrected chi connectivity index (χ3v) is 3.15. The molecule has 0 saturated carbocycles. The number of hydrogen-bond donors (Lipinski definition) is 0. The van der Waals surface area contributed by atoms with Crippen molar-refractivity contribution >= 4 is 17.4 Å². The van der Waals surface area contributed by atoms with E-state index >= 15 is 0 Å². The van der Waals surface area contributed by atoms with Crippen LogP contribution in [0.25, 0.3) is 0 Å². The van der Waals surface area contributed by atoms with Crippen LogP contribution in [0.3, 0.4) is 0 Å². The van der Waals surface area contributed by atoms with Crippen molar-refractivity contribution in [3.05, 3.63) is 52.4 Å². The van der Waals surface area contributed by atoms with Crippen molar-refractivity contribution in [2.75, 3.05) is 4.90 Å². The number of aromatic nitrogens is 2. The highest BCUT2D eigenvalue weighted by Gasteiger charge is 2.19. The number of rotatable bonds is 1. The summed E-state index contributed by atoms with van der Waals surface area (Å²) >= 11 is 5.96. The Labute approximate surface area is 105 Å². The second-order valence-electron chi connectivity index (χ2n) is 4.22. The minimum atomic E-state index is 0.503. The first-order valence-corrected chi connectivity index (χ1v) is 5.93. The summed E-state index contributed by atoms with van der Waals surface area (Å²) in [5.41, 5.74) is 2.72. The molecule has 2 aromatic rings. The molecule has 3 rings (SSSR count). The Morgan fingerprint density at radius 3 is 2.35 bits per heavy atom. The fourth-order valence-electron chi connectivity index (χ4n) is 2.17. The zero-order valence-corrected chi connectivity index (χ0v) is 10.3. The predicted octanol–water partition coefficient (Wildman–Crippen LogP) is 2.96. The smallest absolute Gasteiger partial charge is 0.134 e. The summed E-state index contributed by atoms with van der Waals surface area (Å²) in [5, 5.41) is 0.503. The molecular formula is C13H12ClN3. The third kappa shape index (κ3) is 1.98. The van der Waals surface area contributed by atoms with E-state index in [4.69, 9.17) is 11.6 Å². The lowest BCUT2D eigenvalue weighted by atomic mass is 10.1. The third-order valence-electron chi connectivity index (χ3n) is 2.96. The summed E-state index contributed by atoms with van der Waals surface area (Å²) in [7, 11) is 0. The van der Waals surface area contributed by atoms with Crippen LogP contribution in [0.2, 0.25) is 5.15 Å². The summed E-state index contributed by atoms with van der Waals surface area (Å²) in [6.45, 7) is 3.64. The van der Waals surface area contributed by atoms with E-state index in [1.807, 2.05) is 13.0 Å². The van der Waals surface area contributed by atoms with Gasteiger partial charge in [0.05, 0.1) is 0 Å². The van der Waals surface area contributed by atoms with Crippen LogP contribution in [0.15, 0.2) is 30.3 Å². The standard InChI is InChI=1S/C13H12ClN3/c1-9-15-12(14)6-13(16-9)17-7-10-4-2-3-5-11(10)8-17/h2-6H,7-8H2,1H3. The summed E-state index contributed by atoms with van der Waals surface area (Å²) in [5.74, 6) is 1.61. The molecule has 0 N–H and O–H groups in total. The second kappa shape index (κ2) is 4.00. The molecule has 0 fully saturated rings. The molecule has 0 unspecified atom stereocenters. The molecule has 1 aliphatic heterocycles. The minimum Gasteiger partial charge on any atom is -0.348 e. The first-order chi connectivity index (χ1) is 8.22. The van der Waals surface area contributed by atoms with Crippen LogP contribution in [0.4, 0.5) is 5.82 Å². The molecule has 0 aliphatic carbocycles. The maximum atomic E-state index is 5.96. The molecule has 0 amide bonds. The lowest BCUT2D eigenvalue weighted by Crippen LogP contribution is -2.16. The molecule has 3 nitrogen and oxygen atoms in total. The maximum Gasteiger partial charge on any atom is 0.134 e. The molecule has 1 aliphatic rings. The fraction of sp³-hybridized carbons (Fsp3) is 0.231. The van der Waals surface area contributed by atoms with E-state index in [9.17, 15) is 0 Å². The van der Waals surface area contributed by atoms with Crippen molar-refractivity contribution in [1.29, 1.82) is 0 Å². The topological polar surface area (TPSA) is 29.0 Å². The maximum absolute atomic E-state index is 5.96. The van der Waals surface area contributed by atoms with Crippen molar-refractivity contribution in [2.24, 2.45) is 0 Å². The van der Waals surface area contributed by atoms with Crippen LogP contribution in [-0.4, -0.2) is 9.97 Å². The predicted molar refractivity (Wildman–Crippen MR) is 68.1 cm³/mol. The van der Waals surface area contributed by atoms with Crippen molar-refractivity contribution < 1.29 is 0 Å². The molecule has 86 valence electrons. The van der Waals surface area contributed by atoms with E-state index < -0.39 is 0 Å². The largest absolute Gasteiger partial charge is 0.348 e. The molecular weight excluding hydrogens is 234 g/mol. The number of benzene rings is 1. The summed E-state index contributed by atoms with van der Waals surface area (Å²) < 4.78 is 0. The van der Waals surface area contributed by atoms with Gasteiger partial charge in [0, 0.05) is 19.2 Å². The first-order valence-electron chi connectivity index (χ1n) is 5.55. The number of aryl methyl sites for hydroxylation is 1. The van der Waals surface area contributed by atoms with Gasteiger partial charge in [0.2, 0.25) is 0 Å². The zero-order chi connectivity index (χ0) is 11.8. The van der Waals surface area contributed by atoms with Gasteiger partial charge in [-0.2, -0.15) is 0 Å². The number of hydrogen-bond acceptors (Lipinski definition) is 3. The molecule has 2 heterocycles. The van der Waals surface area contributed by atoms with E-state index in [1.165, 1.54) is 11.1 Å². The molecule has 4 heteroatoms. The van der Waals surface area contributed by atoms with E-state index in [0.717, 1.165) is 18.9 Å². The summed E-state index contributed by atoms with van der Waals surface area (Å²) in [6.07, 6.45) is 0. The van der Waals surface area contributed by atoms with Gasteiger partial charge < -0.3 is 4.90 Å². The Morgan fingerprint density at radius 2 is 1.76 bits per heavy atom. The van der Waals surface area contributed by atoms with Gasteiger partial charge in [-0.25, -0.2) is 9.97 Å². The van der Waals surface area contributed by atoms with E-state index in [2.05, 4.69) is 39.1 Å². The van der Waals surface area contributed by atoms with Crippen LogP contribution in [0, 0.1) is 6.92 Å². The van der Waals surface area contributed by atoms with E-state index in [1.54, 1.807) is 0 Å². The lowest BCUT2D eigenvalue weighted by Gasteiger charge is -2.16. The van der Waals surface area contributed by atoms with Gasteiger partial charge >= 0.3 is 0 Å². The number of anilines is 1. The zero-order valence-electron chi connectivity index (χ0n) is 9.52. The van der Waals surface area contributed by atoms with Crippen LogP contribution < -0.4 is 4.90 Å². The van der Waals surface area contributed by atoms with Crippen molar-refractivity contribution in [3.8, 4) is 0 Å². The van der Waals surface area contributed by atoms with Crippen molar-refractivity contribution in [3.63, 3.8) is 0 Å². The SMILES string of the molecule is Cc1nc(Cl)cc(N2Cc3ccccc3C2)n1. The molecule has 1 aromatic carbocycles. The number of fused-ring (bicyclic) bond motifs is 1. The Kier molecular flexibility index (Phi) is 2.48. The van der Waals surface area contributed by atoms with Gasteiger partial charge in [0.25, 0.3) is 0 Å².